The first-order valence-corrected chi connectivity index (χ1v) is 5.48. The van der Waals surface area contributed by atoms with Crippen LogP contribution in [0.3, 0.4) is 0 Å². The number of alkyl halides is 2. The van der Waals surface area contributed by atoms with E-state index in [1.54, 1.807) is 0 Å². The Balaban J connectivity index is 2.56. The molecule has 0 saturated carbocycles. The summed E-state index contributed by atoms with van der Waals surface area (Å²) in [4.78, 5) is 0. The molecular formula is C12H11ClF2N2. The molecule has 1 aromatic carbocycles. The highest BCUT2D eigenvalue weighted by molar-refractivity contribution is 6.29. The van der Waals surface area contributed by atoms with Crippen molar-refractivity contribution in [3.8, 4) is 5.69 Å². The summed E-state index contributed by atoms with van der Waals surface area (Å²) in [5.41, 5.74) is 2.37. The Hall–Kier alpha value is -1.42. The molecule has 0 saturated heterocycles. The molecule has 0 fully saturated rings. The minimum atomic E-state index is -2.61. The molecule has 5 heteroatoms. The summed E-state index contributed by atoms with van der Waals surface area (Å²) in [6.07, 6.45) is -2.61. The summed E-state index contributed by atoms with van der Waals surface area (Å²) in [6.45, 7) is 3.81. The minimum absolute atomic E-state index is 0.189. The van der Waals surface area contributed by atoms with Gasteiger partial charge >= 0.3 is 0 Å². The van der Waals surface area contributed by atoms with Gasteiger partial charge in [0.2, 0.25) is 0 Å². The van der Waals surface area contributed by atoms with Gasteiger partial charge in [0.05, 0.1) is 5.69 Å². The lowest BCUT2D eigenvalue weighted by atomic mass is 10.1. The zero-order valence-electron chi connectivity index (χ0n) is 9.42. The molecule has 0 N–H and O–H groups in total. The standard InChI is InChI=1S/C12H11ClF2N2/c1-7-3-4-8(2)10(5-7)17-11(13)6-9(16-17)12(14)15/h3-6,12H,1-2H3. The van der Waals surface area contributed by atoms with Gasteiger partial charge in [-0.1, -0.05) is 23.7 Å². The van der Waals surface area contributed by atoms with Crippen molar-refractivity contribution in [1.29, 1.82) is 0 Å². The highest BCUT2D eigenvalue weighted by Gasteiger charge is 2.16. The number of rotatable bonds is 2. The summed E-state index contributed by atoms with van der Waals surface area (Å²) in [5.74, 6) is 0. The van der Waals surface area contributed by atoms with E-state index in [1.807, 2.05) is 32.0 Å². The van der Waals surface area contributed by atoms with E-state index in [1.165, 1.54) is 10.7 Å². The average Bonchev–Trinajstić information content (AvgIpc) is 2.64. The Bertz CT molecular complexity index is 549. The minimum Gasteiger partial charge on any atom is -0.221 e. The molecular weight excluding hydrogens is 246 g/mol. The maximum Gasteiger partial charge on any atom is 0.282 e. The van der Waals surface area contributed by atoms with E-state index in [0.717, 1.165) is 16.8 Å². The molecule has 1 heterocycles. The Labute approximate surface area is 103 Å². The largest absolute Gasteiger partial charge is 0.282 e. The molecule has 2 nitrogen and oxygen atoms in total. The molecule has 0 radical (unpaired) electrons. The first-order valence-electron chi connectivity index (χ1n) is 5.10. The molecule has 2 aromatic rings. The van der Waals surface area contributed by atoms with E-state index >= 15 is 0 Å². The van der Waals surface area contributed by atoms with E-state index in [-0.39, 0.29) is 10.8 Å². The lowest BCUT2D eigenvalue weighted by molar-refractivity contribution is 0.145. The lowest BCUT2D eigenvalue weighted by Gasteiger charge is -2.08. The second kappa shape index (κ2) is 4.45. The normalized spacial score (nSPS) is 11.2. The van der Waals surface area contributed by atoms with Crippen LogP contribution in [0.15, 0.2) is 24.3 Å². The number of hydrogen-bond acceptors (Lipinski definition) is 1. The second-order valence-corrected chi connectivity index (χ2v) is 4.28. The molecule has 0 aliphatic carbocycles. The van der Waals surface area contributed by atoms with Crippen LogP contribution in [0.4, 0.5) is 8.78 Å². The third kappa shape index (κ3) is 2.31. The number of aryl methyl sites for hydroxylation is 2. The topological polar surface area (TPSA) is 17.8 Å². The van der Waals surface area contributed by atoms with E-state index < -0.39 is 6.43 Å². The van der Waals surface area contributed by atoms with E-state index in [2.05, 4.69) is 5.10 Å². The van der Waals surface area contributed by atoms with E-state index in [9.17, 15) is 8.78 Å². The molecule has 0 bridgehead atoms. The molecule has 17 heavy (non-hydrogen) atoms. The van der Waals surface area contributed by atoms with Crippen molar-refractivity contribution in [3.05, 3.63) is 46.2 Å². The number of benzene rings is 1. The Morgan fingerprint density at radius 2 is 1.94 bits per heavy atom. The highest BCUT2D eigenvalue weighted by Crippen LogP contribution is 2.25. The summed E-state index contributed by atoms with van der Waals surface area (Å²) >= 11 is 5.91. The molecule has 0 unspecified atom stereocenters. The highest BCUT2D eigenvalue weighted by atomic mass is 35.5. The first kappa shape index (κ1) is 12.0. The summed E-state index contributed by atoms with van der Waals surface area (Å²) < 4.78 is 26.4. The fraction of sp³-hybridized carbons (Fsp3) is 0.250. The van der Waals surface area contributed by atoms with Gasteiger partial charge in [-0.25, -0.2) is 13.5 Å². The Kier molecular flexibility index (Phi) is 3.15. The van der Waals surface area contributed by atoms with Crippen molar-refractivity contribution in [2.75, 3.05) is 0 Å². The van der Waals surface area contributed by atoms with Gasteiger partial charge in [0, 0.05) is 6.07 Å². The van der Waals surface area contributed by atoms with Crippen LogP contribution in [0, 0.1) is 13.8 Å². The number of nitrogens with zero attached hydrogens (tertiary/aromatic N) is 2. The van der Waals surface area contributed by atoms with Gasteiger partial charge in [0.1, 0.15) is 10.8 Å². The van der Waals surface area contributed by atoms with Crippen LogP contribution < -0.4 is 0 Å². The van der Waals surface area contributed by atoms with Crippen LogP contribution in [-0.4, -0.2) is 9.78 Å². The average molecular weight is 257 g/mol. The molecule has 0 aliphatic heterocycles. The van der Waals surface area contributed by atoms with Crippen LogP contribution in [0.1, 0.15) is 23.2 Å². The van der Waals surface area contributed by atoms with Gasteiger partial charge in [-0.2, -0.15) is 5.10 Å². The molecule has 1 aromatic heterocycles. The first-order chi connectivity index (χ1) is 7.99. The quantitative estimate of drug-likeness (QED) is 0.792. The maximum atomic E-state index is 12.5. The summed E-state index contributed by atoms with van der Waals surface area (Å²) in [6, 6.07) is 6.91. The lowest BCUT2D eigenvalue weighted by Crippen LogP contribution is -2.00. The summed E-state index contributed by atoms with van der Waals surface area (Å²) in [7, 11) is 0. The van der Waals surface area contributed by atoms with Crippen molar-refractivity contribution in [3.63, 3.8) is 0 Å². The van der Waals surface area contributed by atoms with Gasteiger partial charge in [-0.15, -0.1) is 0 Å². The van der Waals surface area contributed by atoms with Crippen LogP contribution in [0.2, 0.25) is 5.15 Å². The van der Waals surface area contributed by atoms with Gasteiger partial charge in [-0.05, 0) is 31.0 Å². The zero-order valence-corrected chi connectivity index (χ0v) is 10.2. The zero-order chi connectivity index (χ0) is 12.6. The Morgan fingerprint density at radius 1 is 1.24 bits per heavy atom. The third-order valence-electron chi connectivity index (χ3n) is 2.50. The van der Waals surface area contributed by atoms with Gasteiger partial charge in [0.15, 0.2) is 0 Å². The smallest absolute Gasteiger partial charge is 0.221 e. The number of hydrogen-bond donors (Lipinski definition) is 0. The second-order valence-electron chi connectivity index (χ2n) is 3.89. The van der Waals surface area contributed by atoms with Crippen molar-refractivity contribution in [1.82, 2.24) is 9.78 Å². The number of halogens is 3. The summed E-state index contributed by atoms with van der Waals surface area (Å²) in [5, 5.41) is 4.01. The number of aromatic nitrogens is 2. The SMILES string of the molecule is Cc1ccc(C)c(-n2nc(C(F)F)cc2Cl)c1. The molecule has 0 amide bonds. The predicted octanol–water partition coefficient (Wildman–Crippen LogP) is 4.08. The fourth-order valence-corrected chi connectivity index (χ4v) is 1.84. The predicted molar refractivity (Wildman–Crippen MR) is 63.0 cm³/mol. The van der Waals surface area contributed by atoms with E-state index in [4.69, 9.17) is 11.6 Å². The van der Waals surface area contributed by atoms with Crippen molar-refractivity contribution in [2.24, 2.45) is 0 Å². The van der Waals surface area contributed by atoms with Gasteiger partial charge in [-0.3, -0.25) is 0 Å². The molecule has 0 aliphatic rings. The van der Waals surface area contributed by atoms with Crippen LogP contribution >= 0.6 is 11.6 Å². The maximum absolute atomic E-state index is 12.5. The molecule has 0 atom stereocenters. The van der Waals surface area contributed by atoms with Gasteiger partial charge in [0.25, 0.3) is 6.43 Å². The van der Waals surface area contributed by atoms with Crippen molar-refractivity contribution in [2.45, 2.75) is 20.3 Å². The molecule has 90 valence electrons. The fourth-order valence-electron chi connectivity index (χ4n) is 1.60. The van der Waals surface area contributed by atoms with Crippen molar-refractivity contribution < 1.29 is 8.78 Å². The van der Waals surface area contributed by atoms with Crippen LogP contribution in [0.25, 0.3) is 5.69 Å². The Morgan fingerprint density at radius 3 is 2.53 bits per heavy atom. The molecule has 2 rings (SSSR count). The molecule has 0 spiro atoms. The van der Waals surface area contributed by atoms with Crippen molar-refractivity contribution >= 4 is 11.6 Å². The third-order valence-corrected chi connectivity index (χ3v) is 2.77. The van der Waals surface area contributed by atoms with Crippen LogP contribution in [0.5, 0.6) is 0 Å². The van der Waals surface area contributed by atoms with Gasteiger partial charge < -0.3 is 0 Å². The van der Waals surface area contributed by atoms with Crippen LogP contribution in [-0.2, 0) is 0 Å². The van der Waals surface area contributed by atoms with E-state index in [0.29, 0.717) is 0 Å². The monoisotopic (exact) mass is 256 g/mol.